The Bertz CT molecular complexity index is 680. The second-order valence-corrected chi connectivity index (χ2v) is 5.97. The first-order chi connectivity index (χ1) is 10.7. The molecular formula is C17H16N2O3. The molecular weight excluding hydrogens is 280 g/mol. The van der Waals surface area contributed by atoms with Crippen LogP contribution < -0.4 is 4.74 Å². The van der Waals surface area contributed by atoms with Gasteiger partial charge in [0, 0.05) is 5.56 Å². The van der Waals surface area contributed by atoms with Crippen molar-refractivity contribution in [2.24, 2.45) is 28.8 Å². The molecule has 2 aliphatic carbocycles. The molecule has 5 nitrogen and oxygen atoms in total. The number of rotatable bonds is 3. The molecule has 22 heavy (non-hydrogen) atoms. The Balaban J connectivity index is 1.61. The summed E-state index contributed by atoms with van der Waals surface area (Å²) in [4.78, 5) is 25.0. The van der Waals surface area contributed by atoms with Crippen LogP contribution in [0.2, 0.25) is 0 Å². The van der Waals surface area contributed by atoms with E-state index in [2.05, 4.69) is 17.3 Å². The molecule has 2 fully saturated rings. The number of hydrazone groups is 1. The van der Waals surface area contributed by atoms with Crippen LogP contribution >= 0.6 is 0 Å². The molecule has 1 heterocycles. The molecule has 1 aromatic carbocycles. The SMILES string of the molecule is COc1ccccc1C=NN1C(=O)[C@@H]2[C@H](C1=O)[C@H]1C=C[C@H]2C1. The molecule has 1 saturated carbocycles. The van der Waals surface area contributed by atoms with Crippen LogP contribution in [0.4, 0.5) is 0 Å². The smallest absolute Gasteiger partial charge is 0.254 e. The lowest BCUT2D eigenvalue weighted by molar-refractivity contribution is -0.140. The Morgan fingerprint density at radius 1 is 1.14 bits per heavy atom. The van der Waals surface area contributed by atoms with Crippen LogP contribution in [0.15, 0.2) is 41.5 Å². The van der Waals surface area contributed by atoms with E-state index in [0.29, 0.717) is 5.75 Å². The number of hydrogen-bond donors (Lipinski definition) is 0. The number of amides is 2. The lowest BCUT2D eigenvalue weighted by Gasteiger charge is -2.13. The van der Waals surface area contributed by atoms with Gasteiger partial charge in [0.1, 0.15) is 5.75 Å². The molecule has 0 unspecified atom stereocenters. The topological polar surface area (TPSA) is 59.0 Å². The van der Waals surface area contributed by atoms with Crippen LogP contribution in [0.5, 0.6) is 5.75 Å². The minimum atomic E-state index is -0.211. The van der Waals surface area contributed by atoms with Gasteiger partial charge in [-0.05, 0) is 30.4 Å². The maximum Gasteiger partial charge on any atom is 0.254 e. The maximum absolute atomic E-state index is 12.5. The van der Waals surface area contributed by atoms with Gasteiger partial charge in [0.25, 0.3) is 11.8 Å². The third kappa shape index (κ3) is 1.75. The summed E-state index contributed by atoms with van der Waals surface area (Å²) in [6, 6.07) is 7.36. The molecule has 0 aromatic heterocycles. The number of imide groups is 1. The summed E-state index contributed by atoms with van der Waals surface area (Å²) >= 11 is 0. The Labute approximate surface area is 128 Å². The van der Waals surface area contributed by atoms with Crippen LogP contribution in [0, 0.1) is 23.7 Å². The lowest BCUT2D eigenvalue weighted by Crippen LogP contribution is -2.28. The fourth-order valence-electron chi connectivity index (χ4n) is 3.89. The summed E-state index contributed by atoms with van der Waals surface area (Å²) < 4.78 is 5.24. The minimum Gasteiger partial charge on any atom is -0.496 e. The van der Waals surface area contributed by atoms with Gasteiger partial charge in [-0.15, -0.1) is 0 Å². The second-order valence-electron chi connectivity index (χ2n) is 5.97. The average molecular weight is 296 g/mol. The number of ether oxygens (including phenoxy) is 1. The van der Waals surface area contributed by atoms with Gasteiger partial charge in [-0.3, -0.25) is 9.59 Å². The van der Waals surface area contributed by atoms with Crippen molar-refractivity contribution in [2.45, 2.75) is 6.42 Å². The number of fused-ring (bicyclic) bond motifs is 5. The van der Waals surface area contributed by atoms with Gasteiger partial charge in [0.15, 0.2) is 0 Å². The van der Waals surface area contributed by atoms with Gasteiger partial charge in [-0.25, -0.2) is 0 Å². The Morgan fingerprint density at radius 3 is 2.41 bits per heavy atom. The van der Waals surface area contributed by atoms with E-state index >= 15 is 0 Å². The number of benzene rings is 1. The van der Waals surface area contributed by atoms with Crippen molar-refractivity contribution in [1.82, 2.24) is 5.01 Å². The number of carbonyl (C=O) groups is 2. The van der Waals surface area contributed by atoms with Crippen molar-refractivity contribution in [2.75, 3.05) is 7.11 Å². The van der Waals surface area contributed by atoms with E-state index in [1.165, 1.54) is 6.21 Å². The highest BCUT2D eigenvalue weighted by Gasteiger charge is 2.59. The highest BCUT2D eigenvalue weighted by molar-refractivity contribution is 6.06. The summed E-state index contributed by atoms with van der Waals surface area (Å²) in [5.74, 6) is 0.314. The van der Waals surface area contributed by atoms with Gasteiger partial charge < -0.3 is 4.74 Å². The molecule has 0 radical (unpaired) electrons. The largest absolute Gasteiger partial charge is 0.496 e. The van der Waals surface area contributed by atoms with E-state index in [0.717, 1.165) is 17.0 Å². The molecule has 1 aromatic rings. The molecule has 0 N–H and O–H groups in total. The van der Waals surface area contributed by atoms with E-state index in [1.807, 2.05) is 24.3 Å². The summed E-state index contributed by atoms with van der Waals surface area (Å²) in [6.07, 6.45) is 6.59. The van der Waals surface area contributed by atoms with Crippen LogP contribution in [-0.2, 0) is 9.59 Å². The number of methoxy groups -OCH3 is 1. The first-order valence-electron chi connectivity index (χ1n) is 7.44. The van der Waals surface area contributed by atoms with E-state index < -0.39 is 0 Å². The minimum absolute atomic E-state index is 0.169. The number of allylic oxidation sites excluding steroid dienone is 2. The fraction of sp³-hybridized carbons (Fsp3) is 0.353. The summed E-state index contributed by atoms with van der Waals surface area (Å²) in [7, 11) is 1.58. The number of nitrogens with zero attached hydrogens (tertiary/aromatic N) is 2. The van der Waals surface area contributed by atoms with Crippen molar-refractivity contribution in [1.29, 1.82) is 0 Å². The van der Waals surface area contributed by atoms with Gasteiger partial charge in [0.2, 0.25) is 0 Å². The zero-order chi connectivity index (χ0) is 15.3. The highest BCUT2D eigenvalue weighted by Crippen LogP contribution is 2.52. The normalized spacial score (nSPS) is 32.3. The summed E-state index contributed by atoms with van der Waals surface area (Å²) in [6.45, 7) is 0. The third-order valence-corrected chi connectivity index (χ3v) is 4.90. The molecule has 2 amide bonds. The quantitative estimate of drug-likeness (QED) is 0.486. The fourth-order valence-corrected chi connectivity index (χ4v) is 3.89. The van der Waals surface area contributed by atoms with Crippen LogP contribution in [-0.4, -0.2) is 30.1 Å². The molecule has 5 heteroatoms. The number of carbonyl (C=O) groups excluding carboxylic acids is 2. The van der Waals surface area contributed by atoms with Crippen LogP contribution in [0.25, 0.3) is 0 Å². The molecule has 0 spiro atoms. The molecule has 1 aliphatic heterocycles. The molecule has 2 bridgehead atoms. The van der Waals surface area contributed by atoms with Crippen LogP contribution in [0.3, 0.4) is 0 Å². The van der Waals surface area contributed by atoms with E-state index in [4.69, 9.17) is 4.74 Å². The lowest BCUT2D eigenvalue weighted by atomic mass is 9.85. The van der Waals surface area contributed by atoms with Crippen molar-refractivity contribution >= 4 is 18.0 Å². The molecule has 3 aliphatic rings. The molecule has 112 valence electrons. The zero-order valence-corrected chi connectivity index (χ0v) is 12.2. The van der Waals surface area contributed by atoms with Crippen molar-refractivity contribution in [3.63, 3.8) is 0 Å². The maximum atomic E-state index is 12.5. The second kappa shape index (κ2) is 4.80. The Kier molecular flexibility index (Phi) is 2.89. The first-order valence-corrected chi connectivity index (χ1v) is 7.44. The van der Waals surface area contributed by atoms with Crippen molar-refractivity contribution in [3.05, 3.63) is 42.0 Å². The predicted octanol–water partition coefficient (Wildman–Crippen LogP) is 1.84. The number of hydrogen-bond acceptors (Lipinski definition) is 4. The van der Waals surface area contributed by atoms with Gasteiger partial charge in [-0.1, -0.05) is 24.3 Å². The van der Waals surface area contributed by atoms with Crippen LogP contribution in [0.1, 0.15) is 12.0 Å². The van der Waals surface area contributed by atoms with Gasteiger partial charge in [0.05, 0.1) is 25.2 Å². The van der Waals surface area contributed by atoms with Gasteiger partial charge in [-0.2, -0.15) is 10.1 Å². The Hall–Kier alpha value is -2.43. The number of para-hydroxylation sites is 1. The van der Waals surface area contributed by atoms with Crippen molar-refractivity contribution in [3.8, 4) is 5.75 Å². The van der Waals surface area contributed by atoms with E-state index in [9.17, 15) is 9.59 Å². The molecule has 1 saturated heterocycles. The van der Waals surface area contributed by atoms with E-state index in [1.54, 1.807) is 7.11 Å². The zero-order valence-electron chi connectivity index (χ0n) is 12.2. The molecule has 4 rings (SSSR count). The average Bonchev–Trinajstić information content (AvgIpc) is 3.21. The molecule has 4 atom stereocenters. The first kappa shape index (κ1) is 13.2. The predicted molar refractivity (Wildman–Crippen MR) is 80.2 cm³/mol. The summed E-state index contributed by atoms with van der Waals surface area (Å²) in [5.41, 5.74) is 0.740. The summed E-state index contributed by atoms with van der Waals surface area (Å²) in [5, 5.41) is 5.19. The van der Waals surface area contributed by atoms with Gasteiger partial charge >= 0.3 is 0 Å². The third-order valence-electron chi connectivity index (χ3n) is 4.90. The Morgan fingerprint density at radius 2 is 1.77 bits per heavy atom. The monoisotopic (exact) mass is 296 g/mol. The van der Waals surface area contributed by atoms with E-state index in [-0.39, 0.29) is 35.5 Å². The van der Waals surface area contributed by atoms with Crippen molar-refractivity contribution < 1.29 is 14.3 Å². The standard InChI is InChI=1S/C17H16N2O3/c1-22-13-5-3-2-4-12(13)9-18-19-16(20)14-10-6-7-11(8-10)15(14)17(19)21/h2-7,9-11,14-15H,8H2,1H3/t10-,11-,14-,15+/m0/s1. The highest BCUT2D eigenvalue weighted by atomic mass is 16.5.